The van der Waals surface area contributed by atoms with E-state index < -0.39 is 5.92 Å². The first kappa shape index (κ1) is 17.6. The van der Waals surface area contributed by atoms with Gasteiger partial charge in [-0.2, -0.15) is 0 Å². The first-order valence-corrected chi connectivity index (χ1v) is 9.67. The van der Waals surface area contributed by atoms with Crippen LogP contribution in [0.4, 0.5) is 10.1 Å². The second-order valence-corrected chi connectivity index (χ2v) is 7.45. The zero-order chi connectivity index (χ0) is 20.0. The number of carbonyl (C=O) groups excluding carboxylic acids is 2. The summed E-state index contributed by atoms with van der Waals surface area (Å²) in [4.78, 5) is 28.4. The number of halogens is 1. The Morgan fingerprint density at radius 1 is 0.931 bits per heavy atom. The van der Waals surface area contributed by atoms with Crippen molar-refractivity contribution in [3.05, 3.63) is 101 Å². The van der Waals surface area contributed by atoms with E-state index in [4.69, 9.17) is 0 Å². The van der Waals surface area contributed by atoms with Gasteiger partial charge in [-0.25, -0.2) is 4.39 Å². The average Bonchev–Trinajstić information content (AvgIpc) is 2.75. The van der Waals surface area contributed by atoms with Crippen LogP contribution in [0.3, 0.4) is 0 Å². The second-order valence-electron chi connectivity index (χ2n) is 7.45. The number of rotatable bonds is 2. The Labute approximate surface area is 168 Å². The van der Waals surface area contributed by atoms with Crippen molar-refractivity contribution in [2.24, 2.45) is 0 Å². The summed E-state index contributed by atoms with van der Waals surface area (Å²) in [6, 6.07) is 20.7. The minimum Gasteiger partial charge on any atom is -0.330 e. The Balaban J connectivity index is 1.62. The Morgan fingerprint density at radius 2 is 1.62 bits per heavy atom. The fourth-order valence-corrected chi connectivity index (χ4v) is 4.51. The Hall–Kier alpha value is -3.47. The number of nitrogens with one attached hydrogen (secondary N) is 1. The van der Waals surface area contributed by atoms with Gasteiger partial charge in [-0.15, -0.1) is 0 Å². The summed E-state index contributed by atoms with van der Waals surface area (Å²) in [7, 11) is 0. The minimum absolute atomic E-state index is 0.0362. The molecule has 0 saturated carbocycles. The molecule has 144 valence electrons. The SMILES string of the molecule is O=C(Nc1ccc(F)cc1)[C@@H]1c2ccccc2C(=O)N2CCc3ccccc3[C@H]12. The molecule has 0 unspecified atom stereocenters. The molecule has 0 fully saturated rings. The van der Waals surface area contributed by atoms with Crippen LogP contribution in [0.1, 0.15) is 39.0 Å². The largest absolute Gasteiger partial charge is 0.330 e. The highest BCUT2D eigenvalue weighted by Gasteiger charge is 2.46. The van der Waals surface area contributed by atoms with E-state index in [-0.39, 0.29) is 23.7 Å². The number of nitrogens with zero attached hydrogens (tertiary/aromatic N) is 1. The quantitative estimate of drug-likeness (QED) is 0.714. The lowest BCUT2D eigenvalue weighted by molar-refractivity contribution is -0.119. The van der Waals surface area contributed by atoms with Crippen LogP contribution in [-0.4, -0.2) is 23.3 Å². The third kappa shape index (κ3) is 2.90. The zero-order valence-corrected chi connectivity index (χ0v) is 15.6. The van der Waals surface area contributed by atoms with Crippen molar-refractivity contribution in [3.63, 3.8) is 0 Å². The molecule has 5 heteroatoms. The van der Waals surface area contributed by atoms with Gasteiger partial charge >= 0.3 is 0 Å². The monoisotopic (exact) mass is 386 g/mol. The van der Waals surface area contributed by atoms with Crippen molar-refractivity contribution >= 4 is 17.5 Å². The van der Waals surface area contributed by atoms with Crippen LogP contribution >= 0.6 is 0 Å². The molecule has 1 N–H and O–H groups in total. The first-order valence-electron chi connectivity index (χ1n) is 9.67. The third-order valence-corrected chi connectivity index (χ3v) is 5.83. The van der Waals surface area contributed by atoms with Crippen LogP contribution in [0.25, 0.3) is 0 Å². The van der Waals surface area contributed by atoms with E-state index in [0.717, 1.165) is 17.5 Å². The number of amides is 2. The van der Waals surface area contributed by atoms with Crippen molar-refractivity contribution < 1.29 is 14.0 Å². The Morgan fingerprint density at radius 3 is 2.41 bits per heavy atom. The van der Waals surface area contributed by atoms with E-state index >= 15 is 0 Å². The molecule has 4 nitrogen and oxygen atoms in total. The molecule has 2 aliphatic rings. The first-order chi connectivity index (χ1) is 14.1. The molecular formula is C24H19FN2O2. The van der Waals surface area contributed by atoms with E-state index in [1.165, 1.54) is 17.7 Å². The molecule has 3 aromatic carbocycles. The summed E-state index contributed by atoms with van der Waals surface area (Å²) in [5.41, 5.74) is 4.01. The molecule has 5 rings (SSSR count). The fourth-order valence-electron chi connectivity index (χ4n) is 4.51. The fraction of sp³-hybridized carbons (Fsp3) is 0.167. The summed E-state index contributed by atoms with van der Waals surface area (Å²) in [5.74, 6) is -1.14. The van der Waals surface area contributed by atoms with Gasteiger partial charge in [0.15, 0.2) is 0 Å². The van der Waals surface area contributed by atoms with Crippen LogP contribution in [-0.2, 0) is 11.2 Å². The van der Waals surface area contributed by atoms with Gasteiger partial charge in [0, 0.05) is 17.8 Å². The van der Waals surface area contributed by atoms with Crippen LogP contribution in [0.5, 0.6) is 0 Å². The van der Waals surface area contributed by atoms with Gasteiger partial charge < -0.3 is 10.2 Å². The number of anilines is 1. The summed E-state index contributed by atoms with van der Waals surface area (Å²) in [6.45, 7) is 0.579. The van der Waals surface area contributed by atoms with Crippen molar-refractivity contribution in [1.82, 2.24) is 4.90 Å². The van der Waals surface area contributed by atoms with Crippen molar-refractivity contribution in [3.8, 4) is 0 Å². The number of hydrogen-bond acceptors (Lipinski definition) is 2. The van der Waals surface area contributed by atoms with E-state index in [0.29, 0.717) is 17.8 Å². The standard InChI is InChI=1S/C24H19FN2O2/c25-16-9-11-17(12-10-16)26-23(28)21-19-7-3-4-8-20(19)24(29)27-14-13-15-5-1-2-6-18(15)22(21)27/h1-12,21-22H,13-14H2,(H,26,28)/t21-,22-/m1/s1. The van der Waals surface area contributed by atoms with Gasteiger partial charge in [0.1, 0.15) is 5.82 Å². The van der Waals surface area contributed by atoms with Gasteiger partial charge in [0.25, 0.3) is 5.91 Å². The molecule has 0 aromatic heterocycles. The number of carbonyl (C=O) groups is 2. The van der Waals surface area contributed by atoms with Crippen molar-refractivity contribution in [2.45, 2.75) is 18.4 Å². The lowest BCUT2D eigenvalue weighted by atomic mass is 9.76. The lowest BCUT2D eigenvalue weighted by Crippen LogP contribution is -2.49. The highest BCUT2D eigenvalue weighted by Crippen LogP contribution is 2.46. The van der Waals surface area contributed by atoms with E-state index in [9.17, 15) is 14.0 Å². The van der Waals surface area contributed by atoms with Gasteiger partial charge in [-0.1, -0.05) is 42.5 Å². The number of benzene rings is 3. The third-order valence-electron chi connectivity index (χ3n) is 5.83. The summed E-state index contributed by atoms with van der Waals surface area (Å²) in [6.07, 6.45) is 0.771. The maximum Gasteiger partial charge on any atom is 0.254 e. The lowest BCUT2D eigenvalue weighted by Gasteiger charge is -2.45. The Bertz CT molecular complexity index is 1110. The van der Waals surface area contributed by atoms with Crippen molar-refractivity contribution in [1.29, 1.82) is 0 Å². The topological polar surface area (TPSA) is 49.4 Å². The molecule has 0 bridgehead atoms. The normalized spacial score (nSPS) is 19.8. The highest BCUT2D eigenvalue weighted by atomic mass is 19.1. The molecule has 3 aromatic rings. The van der Waals surface area contributed by atoms with E-state index in [1.807, 2.05) is 41.3 Å². The molecule has 0 saturated heterocycles. The predicted octanol–water partition coefficient (Wildman–Crippen LogP) is 4.30. The van der Waals surface area contributed by atoms with E-state index in [1.54, 1.807) is 18.2 Å². The molecule has 29 heavy (non-hydrogen) atoms. The van der Waals surface area contributed by atoms with Crippen LogP contribution in [0.2, 0.25) is 0 Å². The molecular weight excluding hydrogens is 367 g/mol. The van der Waals surface area contributed by atoms with Crippen LogP contribution < -0.4 is 5.32 Å². The average molecular weight is 386 g/mol. The second kappa shape index (κ2) is 6.85. The number of fused-ring (bicyclic) bond motifs is 4. The number of hydrogen-bond donors (Lipinski definition) is 1. The molecule has 0 spiro atoms. The zero-order valence-electron chi connectivity index (χ0n) is 15.6. The molecule has 2 heterocycles. The summed E-state index contributed by atoms with van der Waals surface area (Å²) in [5, 5.41) is 2.91. The van der Waals surface area contributed by atoms with Gasteiger partial charge in [0.2, 0.25) is 5.91 Å². The van der Waals surface area contributed by atoms with Gasteiger partial charge in [-0.05, 0) is 53.4 Å². The van der Waals surface area contributed by atoms with Crippen molar-refractivity contribution in [2.75, 3.05) is 11.9 Å². The van der Waals surface area contributed by atoms with E-state index in [2.05, 4.69) is 11.4 Å². The predicted molar refractivity (Wildman–Crippen MR) is 108 cm³/mol. The molecule has 0 aliphatic carbocycles. The summed E-state index contributed by atoms with van der Waals surface area (Å²) < 4.78 is 13.2. The Kier molecular flexibility index (Phi) is 4.16. The molecule has 2 amide bonds. The highest BCUT2D eigenvalue weighted by molar-refractivity contribution is 6.04. The molecule has 0 radical (unpaired) electrons. The maximum absolute atomic E-state index is 13.4. The molecule has 2 atom stereocenters. The summed E-state index contributed by atoms with van der Waals surface area (Å²) >= 11 is 0. The smallest absolute Gasteiger partial charge is 0.254 e. The van der Waals surface area contributed by atoms with Gasteiger partial charge in [-0.3, -0.25) is 9.59 Å². The minimum atomic E-state index is -0.546. The van der Waals surface area contributed by atoms with Crippen LogP contribution in [0.15, 0.2) is 72.8 Å². The van der Waals surface area contributed by atoms with Crippen LogP contribution in [0, 0.1) is 5.82 Å². The molecule has 2 aliphatic heterocycles. The maximum atomic E-state index is 13.4. The van der Waals surface area contributed by atoms with Gasteiger partial charge in [0.05, 0.1) is 12.0 Å².